The van der Waals surface area contributed by atoms with E-state index in [0.29, 0.717) is 34.3 Å². The van der Waals surface area contributed by atoms with Gasteiger partial charge in [-0.2, -0.15) is 0 Å². The molecule has 3 rings (SSSR count). The van der Waals surface area contributed by atoms with Crippen LogP contribution in [0.15, 0.2) is 16.9 Å². The number of aromatic nitrogens is 2. The highest BCUT2D eigenvalue weighted by atomic mass is 35.5. The van der Waals surface area contributed by atoms with Gasteiger partial charge in [0.2, 0.25) is 5.88 Å². The van der Waals surface area contributed by atoms with Crippen molar-refractivity contribution < 1.29 is 5.11 Å². The van der Waals surface area contributed by atoms with Gasteiger partial charge in [0.05, 0.1) is 10.0 Å². The van der Waals surface area contributed by atoms with Crippen molar-refractivity contribution in [3.63, 3.8) is 0 Å². The van der Waals surface area contributed by atoms with E-state index in [2.05, 4.69) is 11.8 Å². The molecule has 0 bridgehead atoms. The monoisotopic (exact) mass is 350 g/mol. The van der Waals surface area contributed by atoms with Gasteiger partial charge in [0, 0.05) is 24.2 Å². The van der Waals surface area contributed by atoms with E-state index in [1.807, 2.05) is 0 Å². The molecule has 0 spiro atoms. The van der Waals surface area contributed by atoms with Gasteiger partial charge in [-0.1, -0.05) is 29.1 Å². The molecule has 120 valence electrons. The fourth-order valence-electron chi connectivity index (χ4n) is 2.97. The van der Waals surface area contributed by atoms with Crippen LogP contribution in [0.5, 0.6) is 5.88 Å². The van der Waals surface area contributed by atoms with Crippen molar-refractivity contribution in [2.24, 2.45) is 0 Å². The quantitative estimate of drug-likeness (QED) is 0.793. The van der Waals surface area contributed by atoms with Gasteiger partial charge in [-0.3, -0.25) is 9.48 Å². The Morgan fingerprint density at radius 3 is 2.26 bits per heavy atom. The number of rotatable bonds is 1. The molecule has 2 heterocycles. The van der Waals surface area contributed by atoms with Crippen LogP contribution in [0.4, 0.5) is 0 Å². The standard InChI is InChI=1S/C17H16Cl2N2O2/c1-2-6-11-9-12(18)14(13(19)10-11)15-16(22)20-7-4-3-5-8-21(20)17(15)23/h9-10,22H,3-5,7-8H2,1H3. The average Bonchev–Trinajstić information content (AvgIpc) is 2.70. The summed E-state index contributed by atoms with van der Waals surface area (Å²) in [6, 6.07) is 3.32. The van der Waals surface area contributed by atoms with E-state index in [1.165, 1.54) is 0 Å². The number of nitrogens with zero attached hydrogens (tertiary/aromatic N) is 2. The third-order valence-corrected chi connectivity index (χ3v) is 4.61. The molecule has 0 aliphatic carbocycles. The molecular formula is C17H16Cl2N2O2. The highest BCUT2D eigenvalue weighted by Gasteiger charge is 2.25. The number of halogens is 2. The summed E-state index contributed by atoms with van der Waals surface area (Å²) in [4.78, 5) is 12.7. The Morgan fingerprint density at radius 1 is 1.04 bits per heavy atom. The van der Waals surface area contributed by atoms with Crippen LogP contribution in [0, 0.1) is 11.8 Å². The Kier molecular flexibility index (Phi) is 4.43. The maximum atomic E-state index is 12.7. The van der Waals surface area contributed by atoms with E-state index in [-0.39, 0.29) is 17.0 Å². The average molecular weight is 351 g/mol. The number of aromatic hydroxyl groups is 1. The molecule has 4 nitrogen and oxygen atoms in total. The minimum atomic E-state index is -0.262. The van der Waals surface area contributed by atoms with E-state index >= 15 is 0 Å². The molecule has 0 atom stereocenters. The first-order chi connectivity index (χ1) is 11.0. The van der Waals surface area contributed by atoms with Crippen LogP contribution in [0.25, 0.3) is 11.1 Å². The first kappa shape index (κ1) is 16.0. The predicted octanol–water partition coefficient (Wildman–Crippen LogP) is 3.88. The van der Waals surface area contributed by atoms with Gasteiger partial charge in [0.1, 0.15) is 5.56 Å². The van der Waals surface area contributed by atoms with E-state index in [1.54, 1.807) is 28.4 Å². The number of hydrogen-bond donors (Lipinski definition) is 1. The second kappa shape index (κ2) is 6.35. The lowest BCUT2D eigenvalue weighted by molar-refractivity contribution is 0.366. The molecule has 0 saturated carbocycles. The highest BCUT2D eigenvalue weighted by Crippen LogP contribution is 2.39. The Balaban J connectivity index is 2.24. The number of fused-ring (bicyclic) bond motifs is 1. The van der Waals surface area contributed by atoms with Crippen molar-refractivity contribution in [3.8, 4) is 28.8 Å². The van der Waals surface area contributed by atoms with Crippen LogP contribution in [0.2, 0.25) is 10.0 Å². The SMILES string of the molecule is CC#Cc1cc(Cl)c(-c2c(O)n3n(c2=O)CCCCC3)c(Cl)c1. The Hall–Kier alpha value is -1.83. The summed E-state index contributed by atoms with van der Waals surface area (Å²) in [7, 11) is 0. The molecular weight excluding hydrogens is 335 g/mol. The highest BCUT2D eigenvalue weighted by molar-refractivity contribution is 6.39. The lowest BCUT2D eigenvalue weighted by Gasteiger charge is -2.08. The van der Waals surface area contributed by atoms with Crippen molar-refractivity contribution in [2.45, 2.75) is 39.3 Å². The molecule has 1 N–H and O–H groups in total. The van der Waals surface area contributed by atoms with E-state index in [0.717, 1.165) is 19.3 Å². The van der Waals surface area contributed by atoms with Crippen molar-refractivity contribution >= 4 is 23.2 Å². The molecule has 23 heavy (non-hydrogen) atoms. The molecule has 6 heteroatoms. The summed E-state index contributed by atoms with van der Waals surface area (Å²) in [6.07, 6.45) is 2.87. The van der Waals surface area contributed by atoms with Crippen molar-refractivity contribution in [3.05, 3.63) is 38.1 Å². The summed E-state index contributed by atoms with van der Waals surface area (Å²) in [6.45, 7) is 2.91. The van der Waals surface area contributed by atoms with Crippen molar-refractivity contribution in [1.82, 2.24) is 9.36 Å². The van der Waals surface area contributed by atoms with Crippen LogP contribution in [0.1, 0.15) is 31.7 Å². The van der Waals surface area contributed by atoms with Gasteiger partial charge >= 0.3 is 0 Å². The molecule has 2 aromatic rings. The summed E-state index contributed by atoms with van der Waals surface area (Å²) in [5, 5.41) is 11.2. The molecule has 1 aromatic carbocycles. The van der Waals surface area contributed by atoms with E-state index in [9.17, 15) is 9.90 Å². The fourth-order valence-corrected chi connectivity index (χ4v) is 3.65. The molecule has 1 aliphatic rings. The molecule has 0 fully saturated rings. The summed E-state index contributed by atoms with van der Waals surface area (Å²) < 4.78 is 3.20. The zero-order chi connectivity index (χ0) is 16.6. The largest absolute Gasteiger partial charge is 0.493 e. The second-order valence-corrected chi connectivity index (χ2v) is 6.31. The predicted molar refractivity (Wildman–Crippen MR) is 92.2 cm³/mol. The third kappa shape index (κ3) is 2.75. The molecule has 0 unspecified atom stereocenters. The van der Waals surface area contributed by atoms with Gasteiger partial charge in [-0.25, -0.2) is 4.68 Å². The van der Waals surface area contributed by atoms with Crippen LogP contribution in [-0.2, 0) is 13.1 Å². The van der Waals surface area contributed by atoms with Gasteiger partial charge in [0.25, 0.3) is 5.56 Å². The lowest BCUT2D eigenvalue weighted by atomic mass is 10.1. The fraction of sp³-hybridized carbons (Fsp3) is 0.353. The topological polar surface area (TPSA) is 47.2 Å². The van der Waals surface area contributed by atoms with Crippen molar-refractivity contribution in [1.29, 1.82) is 0 Å². The van der Waals surface area contributed by atoms with Gasteiger partial charge in [-0.05, 0) is 38.3 Å². The molecule has 0 radical (unpaired) electrons. The maximum Gasteiger partial charge on any atom is 0.278 e. The lowest BCUT2D eigenvalue weighted by Crippen LogP contribution is -2.22. The number of benzene rings is 1. The van der Waals surface area contributed by atoms with Crippen LogP contribution in [0.3, 0.4) is 0 Å². The van der Waals surface area contributed by atoms with Crippen LogP contribution in [-0.4, -0.2) is 14.5 Å². The third-order valence-electron chi connectivity index (χ3n) is 4.01. The summed E-state index contributed by atoms with van der Waals surface area (Å²) >= 11 is 12.6. The Morgan fingerprint density at radius 2 is 1.65 bits per heavy atom. The Bertz CT molecular complexity index is 861. The second-order valence-electron chi connectivity index (χ2n) is 5.50. The first-order valence-electron chi connectivity index (χ1n) is 7.49. The van der Waals surface area contributed by atoms with Crippen molar-refractivity contribution in [2.75, 3.05) is 0 Å². The Labute approximate surface area is 144 Å². The van der Waals surface area contributed by atoms with Gasteiger partial charge < -0.3 is 5.11 Å². The normalized spacial score (nSPS) is 13.9. The minimum absolute atomic E-state index is 0.0741. The van der Waals surface area contributed by atoms with E-state index < -0.39 is 0 Å². The summed E-state index contributed by atoms with van der Waals surface area (Å²) in [5.74, 6) is 5.59. The van der Waals surface area contributed by atoms with Crippen LogP contribution >= 0.6 is 23.2 Å². The zero-order valence-electron chi connectivity index (χ0n) is 12.7. The van der Waals surface area contributed by atoms with Gasteiger partial charge in [-0.15, -0.1) is 5.92 Å². The maximum absolute atomic E-state index is 12.7. The zero-order valence-corrected chi connectivity index (χ0v) is 14.2. The van der Waals surface area contributed by atoms with Gasteiger partial charge in [0.15, 0.2) is 0 Å². The molecule has 1 aliphatic heterocycles. The van der Waals surface area contributed by atoms with Crippen LogP contribution < -0.4 is 5.56 Å². The summed E-state index contributed by atoms with van der Waals surface area (Å²) in [5.41, 5.74) is 0.942. The first-order valence-corrected chi connectivity index (χ1v) is 8.25. The minimum Gasteiger partial charge on any atom is -0.493 e. The molecule has 0 amide bonds. The smallest absolute Gasteiger partial charge is 0.278 e. The molecule has 1 aromatic heterocycles. The number of hydrogen-bond acceptors (Lipinski definition) is 2. The molecule has 0 saturated heterocycles. The van der Waals surface area contributed by atoms with E-state index in [4.69, 9.17) is 23.2 Å².